The highest BCUT2D eigenvalue weighted by atomic mass is 35.5. The van der Waals surface area contributed by atoms with Crippen molar-refractivity contribution in [1.82, 2.24) is 4.98 Å². The molecule has 0 aliphatic carbocycles. The topological polar surface area (TPSA) is 22.1 Å². The second-order valence-electron chi connectivity index (χ2n) is 6.01. The van der Waals surface area contributed by atoms with Crippen LogP contribution in [0.1, 0.15) is 11.1 Å². The van der Waals surface area contributed by atoms with Crippen molar-refractivity contribution in [1.29, 1.82) is 0 Å². The molecule has 130 valence electrons. The maximum atomic E-state index is 6.75. The summed E-state index contributed by atoms with van der Waals surface area (Å²) < 4.78 is 5.26. The SMILES string of the molecule is COc1ccc(-c2nc3ccccc3c(Cl)c2C#Cc2ccccc2)cc1. The molecule has 0 saturated carbocycles. The summed E-state index contributed by atoms with van der Waals surface area (Å²) in [6.07, 6.45) is 0. The molecule has 0 atom stereocenters. The number of benzene rings is 3. The van der Waals surface area contributed by atoms with Crippen molar-refractivity contribution in [3.8, 4) is 28.8 Å². The van der Waals surface area contributed by atoms with Crippen LogP contribution in [0.2, 0.25) is 5.02 Å². The molecule has 4 rings (SSSR count). The van der Waals surface area contributed by atoms with Gasteiger partial charge in [0.05, 0.1) is 28.9 Å². The minimum atomic E-state index is 0.620. The van der Waals surface area contributed by atoms with Crippen LogP contribution in [0.4, 0.5) is 0 Å². The van der Waals surface area contributed by atoms with E-state index in [4.69, 9.17) is 21.3 Å². The van der Waals surface area contributed by atoms with E-state index < -0.39 is 0 Å². The summed E-state index contributed by atoms with van der Waals surface area (Å²) in [5, 5.41) is 1.52. The monoisotopic (exact) mass is 369 g/mol. The quantitative estimate of drug-likeness (QED) is 0.406. The van der Waals surface area contributed by atoms with Crippen molar-refractivity contribution in [3.05, 3.63) is 95.0 Å². The van der Waals surface area contributed by atoms with E-state index in [1.807, 2.05) is 78.9 Å². The van der Waals surface area contributed by atoms with Crippen LogP contribution in [-0.2, 0) is 0 Å². The summed E-state index contributed by atoms with van der Waals surface area (Å²) in [5.74, 6) is 7.24. The molecule has 0 unspecified atom stereocenters. The number of nitrogens with zero attached hydrogens (tertiary/aromatic N) is 1. The molecule has 0 fully saturated rings. The van der Waals surface area contributed by atoms with Gasteiger partial charge in [-0.05, 0) is 42.5 Å². The predicted molar refractivity (Wildman–Crippen MR) is 111 cm³/mol. The zero-order chi connectivity index (χ0) is 18.6. The molecular weight excluding hydrogens is 354 g/mol. The van der Waals surface area contributed by atoms with Gasteiger partial charge in [-0.2, -0.15) is 0 Å². The molecule has 0 amide bonds. The largest absolute Gasteiger partial charge is 0.497 e. The Morgan fingerprint density at radius 1 is 0.815 bits per heavy atom. The minimum Gasteiger partial charge on any atom is -0.497 e. The van der Waals surface area contributed by atoms with Crippen LogP contribution < -0.4 is 4.74 Å². The maximum absolute atomic E-state index is 6.75. The number of para-hydroxylation sites is 1. The van der Waals surface area contributed by atoms with Crippen LogP contribution in [-0.4, -0.2) is 12.1 Å². The van der Waals surface area contributed by atoms with E-state index in [-0.39, 0.29) is 0 Å². The Labute approximate surface area is 163 Å². The number of fused-ring (bicyclic) bond motifs is 1. The lowest BCUT2D eigenvalue weighted by atomic mass is 10.0. The first kappa shape index (κ1) is 17.1. The van der Waals surface area contributed by atoms with Crippen LogP contribution in [0, 0.1) is 11.8 Å². The van der Waals surface area contributed by atoms with E-state index >= 15 is 0 Å². The molecule has 3 heteroatoms. The van der Waals surface area contributed by atoms with E-state index in [0.717, 1.165) is 39.0 Å². The molecule has 3 aromatic carbocycles. The highest BCUT2D eigenvalue weighted by Crippen LogP contribution is 2.33. The summed E-state index contributed by atoms with van der Waals surface area (Å²) in [4.78, 5) is 4.85. The predicted octanol–water partition coefficient (Wildman–Crippen LogP) is 5.96. The van der Waals surface area contributed by atoms with Crippen LogP contribution in [0.15, 0.2) is 78.9 Å². The number of pyridine rings is 1. The average Bonchev–Trinajstić information content (AvgIpc) is 2.74. The number of rotatable bonds is 2. The van der Waals surface area contributed by atoms with Crippen LogP contribution in [0.25, 0.3) is 22.2 Å². The van der Waals surface area contributed by atoms with Crippen LogP contribution in [0.3, 0.4) is 0 Å². The molecule has 0 aliphatic rings. The summed E-state index contributed by atoms with van der Waals surface area (Å²) in [7, 11) is 1.65. The van der Waals surface area contributed by atoms with Crippen LogP contribution >= 0.6 is 11.6 Å². The Morgan fingerprint density at radius 3 is 2.26 bits per heavy atom. The van der Waals surface area contributed by atoms with Gasteiger partial charge in [-0.15, -0.1) is 0 Å². The molecule has 27 heavy (non-hydrogen) atoms. The number of hydrogen-bond acceptors (Lipinski definition) is 2. The summed E-state index contributed by atoms with van der Waals surface area (Å²) in [5.41, 5.74) is 4.22. The van der Waals surface area contributed by atoms with E-state index in [1.165, 1.54) is 0 Å². The summed E-state index contributed by atoms with van der Waals surface area (Å²) >= 11 is 6.75. The lowest BCUT2D eigenvalue weighted by Crippen LogP contribution is -1.94. The first-order valence-corrected chi connectivity index (χ1v) is 8.94. The van der Waals surface area contributed by atoms with E-state index in [9.17, 15) is 0 Å². The number of aromatic nitrogens is 1. The van der Waals surface area contributed by atoms with Gasteiger partial charge >= 0.3 is 0 Å². The Hall–Kier alpha value is -3.28. The fourth-order valence-corrected chi connectivity index (χ4v) is 3.20. The second-order valence-corrected chi connectivity index (χ2v) is 6.39. The molecule has 1 heterocycles. The third-order valence-electron chi connectivity index (χ3n) is 4.30. The highest BCUT2D eigenvalue weighted by molar-refractivity contribution is 6.37. The molecule has 4 aromatic rings. The molecule has 0 bridgehead atoms. The first-order chi connectivity index (χ1) is 13.3. The smallest absolute Gasteiger partial charge is 0.118 e. The molecule has 0 aliphatic heterocycles. The van der Waals surface area contributed by atoms with Gasteiger partial charge in [0.25, 0.3) is 0 Å². The Morgan fingerprint density at radius 2 is 1.52 bits per heavy atom. The molecule has 0 spiro atoms. The lowest BCUT2D eigenvalue weighted by Gasteiger charge is -2.10. The fourth-order valence-electron chi connectivity index (χ4n) is 2.90. The molecular formula is C24H16ClNO. The third-order valence-corrected chi connectivity index (χ3v) is 4.69. The van der Waals surface area contributed by atoms with Gasteiger partial charge in [-0.3, -0.25) is 0 Å². The second kappa shape index (κ2) is 7.53. The Balaban J connectivity index is 1.94. The standard InChI is InChI=1S/C24H16ClNO/c1-27-19-14-12-18(13-15-19)24-21(16-11-17-7-3-2-4-8-17)23(25)20-9-5-6-10-22(20)26-24/h2-10,12-15H,1H3. The molecule has 0 radical (unpaired) electrons. The van der Waals surface area contributed by atoms with Gasteiger partial charge in [0, 0.05) is 16.5 Å². The van der Waals surface area contributed by atoms with E-state index in [1.54, 1.807) is 7.11 Å². The van der Waals surface area contributed by atoms with Crippen molar-refractivity contribution in [2.45, 2.75) is 0 Å². The number of ether oxygens (including phenoxy) is 1. The van der Waals surface area contributed by atoms with Gasteiger partial charge in [0.2, 0.25) is 0 Å². The molecule has 0 saturated heterocycles. The maximum Gasteiger partial charge on any atom is 0.118 e. The van der Waals surface area contributed by atoms with E-state index in [0.29, 0.717) is 5.02 Å². The molecule has 0 N–H and O–H groups in total. The third kappa shape index (κ3) is 3.51. The normalized spacial score (nSPS) is 10.3. The zero-order valence-corrected chi connectivity index (χ0v) is 15.5. The summed E-state index contributed by atoms with van der Waals surface area (Å²) in [6.45, 7) is 0. The molecule has 2 nitrogen and oxygen atoms in total. The number of methoxy groups -OCH3 is 1. The van der Waals surface area contributed by atoms with Crippen molar-refractivity contribution in [2.75, 3.05) is 7.11 Å². The van der Waals surface area contributed by atoms with Crippen molar-refractivity contribution < 1.29 is 4.74 Å². The average molecular weight is 370 g/mol. The summed E-state index contributed by atoms with van der Waals surface area (Å²) in [6, 6.07) is 25.5. The van der Waals surface area contributed by atoms with Crippen molar-refractivity contribution >= 4 is 22.5 Å². The number of hydrogen-bond donors (Lipinski definition) is 0. The van der Waals surface area contributed by atoms with E-state index in [2.05, 4.69) is 11.8 Å². The Bertz CT molecular complexity index is 1160. The van der Waals surface area contributed by atoms with Gasteiger partial charge < -0.3 is 4.74 Å². The van der Waals surface area contributed by atoms with Crippen molar-refractivity contribution in [3.63, 3.8) is 0 Å². The zero-order valence-electron chi connectivity index (χ0n) is 14.7. The van der Waals surface area contributed by atoms with Gasteiger partial charge in [-0.1, -0.05) is 59.8 Å². The number of halogens is 1. The van der Waals surface area contributed by atoms with Crippen LogP contribution in [0.5, 0.6) is 5.75 Å². The van der Waals surface area contributed by atoms with Gasteiger partial charge in [0.1, 0.15) is 5.75 Å². The van der Waals surface area contributed by atoms with Gasteiger partial charge in [0.15, 0.2) is 0 Å². The fraction of sp³-hybridized carbons (Fsp3) is 0.0417. The molecule has 1 aromatic heterocycles. The Kier molecular flexibility index (Phi) is 4.78. The van der Waals surface area contributed by atoms with Crippen molar-refractivity contribution in [2.24, 2.45) is 0 Å². The lowest BCUT2D eigenvalue weighted by molar-refractivity contribution is 0.415. The first-order valence-electron chi connectivity index (χ1n) is 8.56. The highest BCUT2D eigenvalue weighted by Gasteiger charge is 2.14. The minimum absolute atomic E-state index is 0.620. The van der Waals surface area contributed by atoms with Gasteiger partial charge in [-0.25, -0.2) is 4.98 Å².